The maximum atomic E-state index is 12.7. The quantitative estimate of drug-likeness (QED) is 0.288. The van der Waals surface area contributed by atoms with Crippen LogP contribution in [-0.2, 0) is 16.6 Å². The highest BCUT2D eigenvalue weighted by Crippen LogP contribution is 2.36. The predicted molar refractivity (Wildman–Crippen MR) is 130 cm³/mol. The number of anilines is 1. The molecule has 1 aromatic carbocycles. The molecule has 11 heteroatoms. The number of rotatable bonds is 7. The van der Waals surface area contributed by atoms with Gasteiger partial charge in [0.25, 0.3) is 0 Å². The minimum atomic E-state index is -0.530. The topological polar surface area (TPSA) is 99.0 Å². The number of nitrogens with one attached hydrogen (secondary N) is 1. The van der Waals surface area contributed by atoms with E-state index in [0.717, 1.165) is 5.56 Å². The lowest BCUT2D eigenvalue weighted by Gasteiger charge is -2.08. The van der Waals surface area contributed by atoms with Gasteiger partial charge < -0.3 is 14.6 Å². The number of amides is 1. The molecule has 0 radical (unpaired) electrons. The van der Waals surface area contributed by atoms with Crippen LogP contribution < -0.4 is 5.32 Å². The smallest absolute Gasteiger partial charge is 0.341 e. The summed E-state index contributed by atoms with van der Waals surface area (Å²) in [6.45, 7) is 0. The Morgan fingerprint density at radius 1 is 1.18 bits per heavy atom. The van der Waals surface area contributed by atoms with E-state index in [4.69, 9.17) is 16.3 Å². The number of ether oxygens (including phenoxy) is 1. The predicted octanol–water partition coefficient (Wildman–Crippen LogP) is 4.78. The van der Waals surface area contributed by atoms with Gasteiger partial charge in [0.1, 0.15) is 16.3 Å². The molecule has 0 unspecified atom stereocenters. The molecule has 0 saturated heterocycles. The molecule has 33 heavy (non-hydrogen) atoms. The average Bonchev–Trinajstić information content (AvgIpc) is 3.41. The van der Waals surface area contributed by atoms with Crippen molar-refractivity contribution in [2.24, 2.45) is 7.05 Å². The van der Waals surface area contributed by atoms with Gasteiger partial charge in [0.15, 0.2) is 11.0 Å². The summed E-state index contributed by atoms with van der Waals surface area (Å²) in [5.74, 6) is -0.116. The van der Waals surface area contributed by atoms with E-state index >= 15 is 0 Å². The first-order valence-corrected chi connectivity index (χ1v) is 11.9. The van der Waals surface area contributed by atoms with Crippen molar-refractivity contribution in [2.45, 2.75) is 5.16 Å². The van der Waals surface area contributed by atoms with Gasteiger partial charge in [0.05, 0.1) is 12.9 Å². The number of esters is 1. The molecular formula is C22H18ClN5O3S2. The zero-order valence-electron chi connectivity index (χ0n) is 17.6. The Labute approximate surface area is 203 Å². The molecule has 0 aliphatic heterocycles. The maximum absolute atomic E-state index is 12.7. The third kappa shape index (κ3) is 5.08. The van der Waals surface area contributed by atoms with Gasteiger partial charge in [-0.2, -0.15) is 0 Å². The Hall–Kier alpha value is -3.21. The first-order chi connectivity index (χ1) is 16.0. The van der Waals surface area contributed by atoms with Crippen molar-refractivity contribution >= 4 is 51.6 Å². The number of carbonyl (C=O) groups is 2. The number of benzene rings is 1. The number of hydrogen-bond donors (Lipinski definition) is 1. The van der Waals surface area contributed by atoms with Gasteiger partial charge in [0, 0.05) is 29.2 Å². The number of carbonyl (C=O) groups excluding carboxylic acids is 2. The minimum absolute atomic E-state index is 0.0863. The molecule has 0 aliphatic carbocycles. The summed E-state index contributed by atoms with van der Waals surface area (Å²) in [4.78, 5) is 29.4. The van der Waals surface area contributed by atoms with Crippen LogP contribution in [0, 0.1) is 0 Å². The molecule has 3 aromatic heterocycles. The molecule has 0 fully saturated rings. The Bertz CT molecular complexity index is 1290. The summed E-state index contributed by atoms with van der Waals surface area (Å²) in [7, 11) is 3.12. The molecule has 0 bridgehead atoms. The number of thioether (sulfide) groups is 1. The van der Waals surface area contributed by atoms with Crippen molar-refractivity contribution < 1.29 is 14.3 Å². The number of hydrogen-bond acceptors (Lipinski definition) is 8. The van der Waals surface area contributed by atoms with Crippen molar-refractivity contribution in [2.75, 3.05) is 18.2 Å². The third-order valence-corrected chi connectivity index (χ3v) is 6.82. The first-order valence-electron chi connectivity index (χ1n) is 9.67. The van der Waals surface area contributed by atoms with Crippen LogP contribution in [0.2, 0.25) is 5.02 Å². The molecule has 0 saturated carbocycles. The third-order valence-electron chi connectivity index (χ3n) is 4.65. The number of halogens is 1. The van der Waals surface area contributed by atoms with Crippen molar-refractivity contribution in [1.29, 1.82) is 0 Å². The molecule has 1 amide bonds. The number of pyridine rings is 1. The minimum Gasteiger partial charge on any atom is -0.465 e. The van der Waals surface area contributed by atoms with E-state index in [-0.39, 0.29) is 11.7 Å². The summed E-state index contributed by atoms with van der Waals surface area (Å²) in [5.41, 5.74) is 2.46. The highest BCUT2D eigenvalue weighted by atomic mass is 35.5. The van der Waals surface area contributed by atoms with Gasteiger partial charge in [-0.05, 0) is 29.8 Å². The molecule has 0 spiro atoms. The SMILES string of the molecule is COC(=O)c1c(-c2ccc(Cl)cc2)csc1NC(=O)CSc1nnc(-c2ccccn2)n1C. The van der Waals surface area contributed by atoms with E-state index in [1.807, 2.05) is 37.4 Å². The van der Waals surface area contributed by atoms with Crippen LogP contribution in [0.5, 0.6) is 0 Å². The molecule has 4 aromatic rings. The van der Waals surface area contributed by atoms with Gasteiger partial charge >= 0.3 is 5.97 Å². The fourth-order valence-corrected chi connectivity index (χ4v) is 4.86. The van der Waals surface area contributed by atoms with Gasteiger partial charge in [-0.1, -0.05) is 41.6 Å². The number of thiophene rings is 1. The van der Waals surface area contributed by atoms with Crippen LogP contribution in [0.3, 0.4) is 0 Å². The zero-order chi connectivity index (χ0) is 23.4. The van der Waals surface area contributed by atoms with Gasteiger partial charge in [-0.3, -0.25) is 9.78 Å². The lowest BCUT2D eigenvalue weighted by Crippen LogP contribution is -2.16. The lowest BCUT2D eigenvalue weighted by atomic mass is 10.0. The molecule has 0 aliphatic rings. The summed E-state index contributed by atoms with van der Waals surface area (Å²) < 4.78 is 6.73. The Balaban J connectivity index is 1.48. The number of nitrogens with zero attached hydrogens (tertiary/aromatic N) is 4. The van der Waals surface area contributed by atoms with Gasteiger partial charge in [0.2, 0.25) is 5.91 Å². The summed E-state index contributed by atoms with van der Waals surface area (Å²) in [6.07, 6.45) is 1.68. The lowest BCUT2D eigenvalue weighted by molar-refractivity contribution is -0.113. The van der Waals surface area contributed by atoms with Crippen molar-refractivity contribution in [3.8, 4) is 22.6 Å². The van der Waals surface area contributed by atoms with E-state index in [0.29, 0.717) is 37.8 Å². The van der Waals surface area contributed by atoms with Crippen molar-refractivity contribution in [1.82, 2.24) is 19.7 Å². The summed E-state index contributed by atoms with van der Waals surface area (Å²) in [5, 5.41) is 14.5. The Morgan fingerprint density at radius 2 is 1.97 bits per heavy atom. The monoisotopic (exact) mass is 499 g/mol. The second-order valence-electron chi connectivity index (χ2n) is 6.77. The van der Waals surface area contributed by atoms with Crippen LogP contribution in [0.15, 0.2) is 59.2 Å². The molecule has 168 valence electrons. The standard InChI is InChI=1S/C22H18ClN5O3S2/c1-28-19(16-5-3-4-10-24-16)26-27-22(28)33-12-17(29)25-20-18(21(30)31-2)15(11-32-20)13-6-8-14(23)9-7-13/h3-11H,12H2,1-2H3,(H,25,29). The van der Waals surface area contributed by atoms with Gasteiger partial charge in [-0.25, -0.2) is 4.79 Å². The van der Waals surface area contributed by atoms with Crippen LogP contribution in [-0.4, -0.2) is 44.5 Å². The largest absolute Gasteiger partial charge is 0.465 e. The molecule has 4 rings (SSSR count). The fourth-order valence-electron chi connectivity index (χ4n) is 3.05. The van der Waals surface area contributed by atoms with Crippen LogP contribution in [0.1, 0.15) is 10.4 Å². The summed E-state index contributed by atoms with van der Waals surface area (Å²) in [6, 6.07) is 12.6. The number of methoxy groups -OCH3 is 1. The van der Waals surface area contributed by atoms with E-state index in [1.54, 1.807) is 28.3 Å². The number of aromatic nitrogens is 4. The Kier molecular flexibility index (Phi) is 7.07. The highest BCUT2D eigenvalue weighted by molar-refractivity contribution is 7.99. The van der Waals surface area contributed by atoms with Crippen LogP contribution in [0.25, 0.3) is 22.6 Å². The van der Waals surface area contributed by atoms with Crippen molar-refractivity contribution in [3.63, 3.8) is 0 Å². The second-order valence-corrected chi connectivity index (χ2v) is 9.03. The van der Waals surface area contributed by atoms with Crippen LogP contribution >= 0.6 is 34.7 Å². The van der Waals surface area contributed by atoms with E-state index in [2.05, 4.69) is 20.5 Å². The molecule has 3 heterocycles. The first kappa shape index (κ1) is 23.0. The molecular weight excluding hydrogens is 482 g/mol. The average molecular weight is 500 g/mol. The normalized spacial score (nSPS) is 10.8. The Morgan fingerprint density at radius 3 is 2.67 bits per heavy atom. The molecule has 8 nitrogen and oxygen atoms in total. The van der Waals surface area contributed by atoms with E-state index in [1.165, 1.54) is 30.2 Å². The summed E-state index contributed by atoms with van der Waals surface area (Å²) >= 11 is 8.47. The molecule has 0 atom stereocenters. The molecule has 1 N–H and O–H groups in total. The van der Waals surface area contributed by atoms with E-state index < -0.39 is 5.97 Å². The van der Waals surface area contributed by atoms with Crippen LogP contribution in [0.4, 0.5) is 5.00 Å². The maximum Gasteiger partial charge on any atom is 0.341 e. The fraction of sp³-hybridized carbons (Fsp3) is 0.136. The zero-order valence-corrected chi connectivity index (χ0v) is 20.0. The second kappa shape index (κ2) is 10.2. The van der Waals surface area contributed by atoms with E-state index in [9.17, 15) is 9.59 Å². The van der Waals surface area contributed by atoms with Gasteiger partial charge in [-0.15, -0.1) is 21.5 Å². The highest BCUT2D eigenvalue weighted by Gasteiger charge is 2.23. The van der Waals surface area contributed by atoms with Crippen molar-refractivity contribution in [3.05, 3.63) is 64.6 Å².